The zero-order valence-electron chi connectivity index (χ0n) is 9.04. The molecule has 0 N–H and O–H groups in total. The lowest BCUT2D eigenvalue weighted by Crippen LogP contribution is -2.40. The van der Waals surface area contributed by atoms with Crippen molar-refractivity contribution < 1.29 is 0 Å². The van der Waals surface area contributed by atoms with Gasteiger partial charge in [0.15, 0.2) is 0 Å². The number of rotatable bonds is 5. The van der Waals surface area contributed by atoms with Crippen LogP contribution in [0.3, 0.4) is 0 Å². The van der Waals surface area contributed by atoms with E-state index in [9.17, 15) is 0 Å². The lowest BCUT2D eigenvalue weighted by molar-refractivity contribution is 0.147. The first-order valence-corrected chi connectivity index (χ1v) is 6.35. The van der Waals surface area contributed by atoms with Gasteiger partial charge in [0.1, 0.15) is 0 Å². The lowest BCUT2D eigenvalue weighted by atomic mass is 10.5. The Balaban J connectivity index is 3.79. The summed E-state index contributed by atoms with van der Waals surface area (Å²) in [4.78, 5) is 4.58. The van der Waals surface area contributed by atoms with Gasteiger partial charge >= 0.3 is 0 Å². The monoisotopic (exact) mass is 186 g/mol. The van der Waals surface area contributed by atoms with E-state index in [1.165, 1.54) is 6.04 Å². The molecule has 0 atom stereocenters. The molecule has 3 heteroatoms. The summed E-state index contributed by atoms with van der Waals surface area (Å²) in [7, 11) is 8.60. The van der Waals surface area contributed by atoms with Crippen LogP contribution in [0.5, 0.6) is 0 Å². The summed E-state index contributed by atoms with van der Waals surface area (Å²) in [5.74, 6) is 0. The minimum atomic E-state index is 0.0144. The Bertz CT molecular complexity index is 124. The number of nitrogens with zero attached hydrogens (tertiary/aromatic N) is 2. The predicted octanol–water partition coefficient (Wildman–Crippen LogP) is 0.556. The van der Waals surface area contributed by atoms with Crippen LogP contribution >= 0.6 is 0 Å². The van der Waals surface area contributed by atoms with E-state index >= 15 is 0 Å². The van der Waals surface area contributed by atoms with Gasteiger partial charge in [-0.3, -0.25) is 9.80 Å². The summed E-state index contributed by atoms with van der Waals surface area (Å²) >= 11 is 0. The van der Waals surface area contributed by atoms with Crippen molar-refractivity contribution in [3.8, 4) is 0 Å². The van der Waals surface area contributed by atoms with Gasteiger partial charge < -0.3 is 0 Å². The highest BCUT2D eigenvalue weighted by atomic mass is 28.2. The van der Waals surface area contributed by atoms with E-state index in [1.54, 1.807) is 0 Å². The molecule has 0 aromatic rings. The minimum Gasteiger partial charge on any atom is -0.294 e. The van der Waals surface area contributed by atoms with Gasteiger partial charge in [-0.1, -0.05) is 6.08 Å². The van der Waals surface area contributed by atoms with Gasteiger partial charge in [-0.25, -0.2) is 0 Å². The van der Waals surface area contributed by atoms with Gasteiger partial charge in [-0.15, -0.1) is 5.70 Å². The van der Waals surface area contributed by atoms with E-state index in [4.69, 9.17) is 0 Å². The van der Waals surface area contributed by atoms with Crippen molar-refractivity contribution in [2.45, 2.75) is 19.1 Å². The molecule has 0 aromatic carbocycles. The maximum atomic E-state index is 2.36. The molecule has 12 heavy (non-hydrogen) atoms. The van der Waals surface area contributed by atoms with Crippen LogP contribution in [0.2, 0.25) is 6.04 Å². The van der Waals surface area contributed by atoms with Crippen molar-refractivity contribution in [3.63, 3.8) is 0 Å². The fraction of sp³-hybridized carbons (Fsp3) is 0.778. The number of hydrogen-bond acceptors (Lipinski definition) is 2. The zero-order chi connectivity index (χ0) is 9.56. The SMILES string of the molecule is CC=C[SiH2]CC(N(C)C)N(C)C. The molecule has 0 amide bonds. The van der Waals surface area contributed by atoms with Crippen LogP contribution in [0.25, 0.3) is 0 Å². The lowest BCUT2D eigenvalue weighted by Gasteiger charge is -2.30. The molecule has 0 heterocycles. The molecule has 0 rings (SSSR count). The fourth-order valence-electron chi connectivity index (χ4n) is 1.39. The van der Waals surface area contributed by atoms with E-state index in [-0.39, 0.29) is 9.52 Å². The van der Waals surface area contributed by atoms with Crippen LogP contribution in [-0.2, 0) is 0 Å². The summed E-state index contributed by atoms with van der Waals surface area (Å²) in [6.45, 7) is 2.10. The highest BCUT2D eigenvalue weighted by Crippen LogP contribution is 2.02. The highest BCUT2D eigenvalue weighted by Gasteiger charge is 2.11. The highest BCUT2D eigenvalue weighted by molar-refractivity contribution is 6.42. The van der Waals surface area contributed by atoms with Gasteiger partial charge in [-0.2, -0.15) is 0 Å². The average molecular weight is 186 g/mol. The molecule has 0 aliphatic heterocycles. The van der Waals surface area contributed by atoms with E-state index in [0.717, 1.165) is 0 Å². The smallest absolute Gasteiger partial charge is 0.0585 e. The molecule has 0 saturated heterocycles. The van der Waals surface area contributed by atoms with Crippen LogP contribution in [0.15, 0.2) is 11.8 Å². The molecule has 0 aliphatic carbocycles. The third-order valence-electron chi connectivity index (χ3n) is 2.02. The first kappa shape index (κ1) is 11.9. The van der Waals surface area contributed by atoms with Crippen LogP contribution in [-0.4, -0.2) is 53.7 Å². The van der Waals surface area contributed by atoms with Gasteiger partial charge in [0, 0.05) is 9.52 Å². The molecule has 0 bridgehead atoms. The molecule has 72 valence electrons. The standard InChI is InChI=1S/C9H22N2Si/c1-6-7-12-8-9(10(2)3)11(4)5/h6-7,9H,8,12H2,1-5H3. The molecular weight excluding hydrogens is 164 g/mol. The molecule has 0 saturated carbocycles. The van der Waals surface area contributed by atoms with Crippen molar-refractivity contribution >= 4 is 9.52 Å². The first-order chi connectivity index (χ1) is 5.59. The number of hydrogen-bond donors (Lipinski definition) is 0. The summed E-state index contributed by atoms with van der Waals surface area (Å²) in [6.07, 6.45) is 2.79. The Morgan fingerprint density at radius 2 is 1.67 bits per heavy atom. The van der Waals surface area contributed by atoms with Gasteiger partial charge in [0.2, 0.25) is 0 Å². The minimum absolute atomic E-state index is 0.0144. The second kappa shape index (κ2) is 6.40. The maximum absolute atomic E-state index is 2.36. The fourth-order valence-corrected chi connectivity index (χ4v) is 3.25. The summed E-state index contributed by atoms with van der Waals surface area (Å²) in [6, 6.07) is 1.34. The summed E-state index contributed by atoms with van der Waals surface area (Å²) in [5, 5.41) is 0. The van der Waals surface area contributed by atoms with E-state index in [0.29, 0.717) is 6.17 Å². The predicted molar refractivity (Wildman–Crippen MR) is 59.3 cm³/mol. The maximum Gasteiger partial charge on any atom is 0.0585 e. The summed E-state index contributed by atoms with van der Waals surface area (Å²) < 4.78 is 0. The van der Waals surface area contributed by atoms with Gasteiger partial charge in [0.05, 0.1) is 6.17 Å². The van der Waals surface area contributed by atoms with Crippen molar-refractivity contribution in [2.75, 3.05) is 28.2 Å². The number of allylic oxidation sites excluding steroid dienone is 1. The van der Waals surface area contributed by atoms with Crippen molar-refractivity contribution in [1.29, 1.82) is 0 Å². The second-order valence-corrected chi connectivity index (χ2v) is 5.18. The third kappa shape index (κ3) is 4.69. The molecular formula is C9H22N2Si. The van der Waals surface area contributed by atoms with Crippen molar-refractivity contribution in [1.82, 2.24) is 9.80 Å². The van der Waals surface area contributed by atoms with Gasteiger partial charge in [-0.05, 0) is 41.2 Å². The quantitative estimate of drug-likeness (QED) is 0.457. The molecule has 0 aromatic heterocycles. The van der Waals surface area contributed by atoms with Crippen LogP contribution < -0.4 is 0 Å². The van der Waals surface area contributed by atoms with Crippen LogP contribution in [0.4, 0.5) is 0 Å². The molecule has 0 fully saturated rings. The largest absolute Gasteiger partial charge is 0.294 e. The summed E-state index contributed by atoms with van der Waals surface area (Å²) in [5.41, 5.74) is 2.36. The molecule has 0 aliphatic rings. The molecule has 0 unspecified atom stereocenters. The first-order valence-electron chi connectivity index (χ1n) is 4.53. The Labute approximate surface area is 79.1 Å². The van der Waals surface area contributed by atoms with Crippen LogP contribution in [0, 0.1) is 0 Å². The Hall–Kier alpha value is -0.123. The van der Waals surface area contributed by atoms with Crippen molar-refractivity contribution in [2.24, 2.45) is 0 Å². The van der Waals surface area contributed by atoms with E-state index < -0.39 is 0 Å². The third-order valence-corrected chi connectivity index (χ3v) is 3.67. The Morgan fingerprint density at radius 1 is 1.17 bits per heavy atom. The Morgan fingerprint density at radius 3 is 2.00 bits per heavy atom. The molecule has 2 nitrogen and oxygen atoms in total. The topological polar surface area (TPSA) is 6.48 Å². The van der Waals surface area contributed by atoms with Crippen molar-refractivity contribution in [3.05, 3.63) is 11.8 Å². The second-order valence-electron chi connectivity index (χ2n) is 3.55. The van der Waals surface area contributed by atoms with E-state index in [2.05, 4.69) is 56.7 Å². The zero-order valence-corrected chi connectivity index (χ0v) is 10.5. The van der Waals surface area contributed by atoms with Gasteiger partial charge in [0.25, 0.3) is 0 Å². The normalized spacial score (nSPS) is 13.7. The van der Waals surface area contributed by atoms with E-state index in [1.807, 2.05) is 0 Å². The molecule has 0 spiro atoms. The van der Waals surface area contributed by atoms with Crippen LogP contribution in [0.1, 0.15) is 6.92 Å². The molecule has 0 radical (unpaired) electrons. The Kier molecular flexibility index (Phi) is 6.33. The average Bonchev–Trinajstić information content (AvgIpc) is 1.96.